The molecule has 0 amide bonds. The second-order valence-electron chi connectivity index (χ2n) is 4.30. The first-order chi connectivity index (χ1) is 9.95. The van der Waals surface area contributed by atoms with Gasteiger partial charge < -0.3 is 4.74 Å². The smallest absolute Gasteiger partial charge is 0.339 e. The molecule has 7 nitrogen and oxygen atoms in total. The summed E-state index contributed by atoms with van der Waals surface area (Å²) in [6.45, 7) is 1.68. The lowest BCUT2D eigenvalue weighted by Crippen LogP contribution is -2.22. The van der Waals surface area contributed by atoms with Gasteiger partial charge in [-0.05, 0) is 19.1 Å². The Balaban J connectivity index is 3.24. The summed E-state index contributed by atoms with van der Waals surface area (Å²) >= 11 is 11.8. The first-order valence-corrected chi connectivity index (χ1v) is 10.3. The number of hydrogen-bond acceptors (Lipinski definition) is 6. The van der Waals surface area contributed by atoms with Crippen molar-refractivity contribution in [1.29, 1.82) is 0 Å². The Kier molecular flexibility index (Phi) is 6.08. The summed E-state index contributed by atoms with van der Waals surface area (Å²) in [5.41, 5.74) is -0.339. The van der Waals surface area contributed by atoms with Gasteiger partial charge in [-0.2, -0.15) is 0 Å². The van der Waals surface area contributed by atoms with Crippen LogP contribution < -0.4 is 4.72 Å². The van der Waals surface area contributed by atoms with Crippen LogP contribution in [0.4, 0.5) is 5.69 Å². The third-order valence-corrected chi connectivity index (χ3v) is 6.28. The van der Waals surface area contributed by atoms with Gasteiger partial charge in [-0.1, -0.05) is 23.2 Å². The summed E-state index contributed by atoms with van der Waals surface area (Å²) in [4.78, 5) is 11.7. The SMILES string of the molecule is CCOC(=O)c1cc(Cl)cc(NS(=O)(=O)CS(C)(=O)=O)c1Cl. The molecular formula is C11H13Cl2NO6S2. The summed E-state index contributed by atoms with van der Waals surface area (Å²) in [7, 11) is -8.00. The summed E-state index contributed by atoms with van der Waals surface area (Å²) < 4.78 is 52.5. The van der Waals surface area contributed by atoms with Gasteiger partial charge in [0.25, 0.3) is 0 Å². The van der Waals surface area contributed by atoms with E-state index in [1.807, 2.05) is 4.72 Å². The summed E-state index contributed by atoms with van der Waals surface area (Å²) in [6.07, 6.45) is 0.774. The molecule has 0 saturated carbocycles. The van der Waals surface area contributed by atoms with E-state index in [0.29, 0.717) is 0 Å². The lowest BCUT2D eigenvalue weighted by atomic mass is 10.2. The number of hydrogen-bond donors (Lipinski definition) is 1. The molecule has 0 heterocycles. The molecule has 22 heavy (non-hydrogen) atoms. The highest BCUT2D eigenvalue weighted by Crippen LogP contribution is 2.31. The number of anilines is 1. The zero-order valence-electron chi connectivity index (χ0n) is 11.6. The molecule has 1 aromatic carbocycles. The van der Waals surface area contributed by atoms with Crippen LogP contribution in [0.1, 0.15) is 17.3 Å². The Hall–Kier alpha value is -1.03. The van der Waals surface area contributed by atoms with E-state index in [-0.39, 0.29) is 27.9 Å². The maximum absolute atomic E-state index is 11.8. The highest BCUT2D eigenvalue weighted by Gasteiger charge is 2.22. The number of sulfonamides is 1. The molecule has 1 aromatic rings. The highest BCUT2D eigenvalue weighted by atomic mass is 35.5. The van der Waals surface area contributed by atoms with Crippen LogP contribution in [0, 0.1) is 0 Å². The predicted octanol–water partition coefficient (Wildman–Crippen LogP) is 1.91. The monoisotopic (exact) mass is 389 g/mol. The van der Waals surface area contributed by atoms with Gasteiger partial charge in [0.2, 0.25) is 10.0 Å². The van der Waals surface area contributed by atoms with Crippen molar-refractivity contribution in [3.63, 3.8) is 0 Å². The fourth-order valence-corrected chi connectivity index (χ4v) is 4.99. The molecule has 0 atom stereocenters. The van der Waals surface area contributed by atoms with E-state index in [1.54, 1.807) is 6.92 Å². The molecule has 0 spiro atoms. The third-order valence-electron chi connectivity index (χ3n) is 2.17. The zero-order valence-corrected chi connectivity index (χ0v) is 14.7. The Morgan fingerprint density at radius 3 is 2.32 bits per heavy atom. The van der Waals surface area contributed by atoms with Gasteiger partial charge in [-0.15, -0.1) is 0 Å². The van der Waals surface area contributed by atoms with Gasteiger partial charge in [0.15, 0.2) is 14.9 Å². The average Bonchev–Trinajstić information content (AvgIpc) is 2.30. The number of halogens is 2. The molecule has 0 aromatic heterocycles. The average molecular weight is 390 g/mol. The highest BCUT2D eigenvalue weighted by molar-refractivity contribution is 8.08. The van der Waals surface area contributed by atoms with Crippen LogP contribution in [0.2, 0.25) is 10.0 Å². The van der Waals surface area contributed by atoms with E-state index in [9.17, 15) is 21.6 Å². The number of carbonyl (C=O) groups excluding carboxylic acids is 1. The number of esters is 1. The fraction of sp³-hybridized carbons (Fsp3) is 0.364. The topological polar surface area (TPSA) is 107 Å². The first-order valence-electron chi connectivity index (χ1n) is 5.79. The van der Waals surface area contributed by atoms with E-state index in [2.05, 4.69) is 0 Å². The van der Waals surface area contributed by atoms with Crippen LogP contribution in [-0.2, 0) is 24.6 Å². The largest absolute Gasteiger partial charge is 0.462 e. The van der Waals surface area contributed by atoms with Gasteiger partial charge in [-0.3, -0.25) is 4.72 Å². The van der Waals surface area contributed by atoms with E-state index in [4.69, 9.17) is 27.9 Å². The lowest BCUT2D eigenvalue weighted by molar-refractivity contribution is 0.0526. The van der Waals surface area contributed by atoms with Crippen molar-refractivity contribution < 1.29 is 26.4 Å². The minimum Gasteiger partial charge on any atom is -0.462 e. The maximum atomic E-state index is 11.8. The second kappa shape index (κ2) is 7.03. The number of nitrogens with one attached hydrogen (secondary N) is 1. The van der Waals surface area contributed by atoms with Crippen molar-refractivity contribution in [3.8, 4) is 0 Å². The van der Waals surface area contributed by atoms with Crippen molar-refractivity contribution >= 4 is 54.7 Å². The fourth-order valence-electron chi connectivity index (χ4n) is 1.50. The minimum absolute atomic E-state index is 0.0320. The van der Waals surface area contributed by atoms with Crippen LogP contribution in [-0.4, -0.2) is 40.8 Å². The molecule has 1 rings (SSSR count). The normalized spacial score (nSPS) is 12.0. The molecule has 0 saturated heterocycles. The van der Waals surface area contributed by atoms with Gasteiger partial charge >= 0.3 is 5.97 Å². The van der Waals surface area contributed by atoms with Crippen molar-refractivity contribution in [2.45, 2.75) is 6.92 Å². The molecule has 0 radical (unpaired) electrons. The Morgan fingerprint density at radius 1 is 1.23 bits per heavy atom. The Morgan fingerprint density at radius 2 is 1.82 bits per heavy atom. The third kappa shape index (κ3) is 5.64. The number of carbonyl (C=O) groups is 1. The molecule has 0 unspecified atom stereocenters. The van der Waals surface area contributed by atoms with E-state index < -0.39 is 30.9 Å². The standard InChI is InChI=1S/C11H13Cl2NO6S2/c1-3-20-11(15)8-4-7(12)5-9(10(8)13)14-22(18,19)6-21(2,16)17/h4-5,14H,3,6H2,1-2H3. The van der Waals surface area contributed by atoms with Gasteiger partial charge in [-0.25, -0.2) is 21.6 Å². The molecule has 11 heteroatoms. The van der Waals surface area contributed by atoms with Crippen LogP contribution in [0.15, 0.2) is 12.1 Å². The number of sulfone groups is 1. The summed E-state index contributed by atoms with van der Waals surface area (Å²) in [6, 6.07) is 2.38. The van der Waals surface area contributed by atoms with Crippen LogP contribution in [0.3, 0.4) is 0 Å². The molecule has 124 valence electrons. The number of rotatable bonds is 6. The van der Waals surface area contributed by atoms with E-state index in [1.165, 1.54) is 6.07 Å². The van der Waals surface area contributed by atoms with Crippen LogP contribution in [0.25, 0.3) is 0 Å². The van der Waals surface area contributed by atoms with E-state index in [0.717, 1.165) is 12.3 Å². The van der Waals surface area contributed by atoms with Crippen LogP contribution in [0.5, 0.6) is 0 Å². The van der Waals surface area contributed by atoms with Gasteiger partial charge in [0, 0.05) is 11.3 Å². The van der Waals surface area contributed by atoms with Crippen molar-refractivity contribution in [2.75, 3.05) is 22.7 Å². The van der Waals surface area contributed by atoms with Crippen molar-refractivity contribution in [3.05, 3.63) is 27.7 Å². The summed E-state index contributed by atoms with van der Waals surface area (Å²) in [5, 5.41) is -1.33. The summed E-state index contributed by atoms with van der Waals surface area (Å²) in [5.74, 6) is -0.779. The number of benzene rings is 1. The predicted molar refractivity (Wildman–Crippen MR) is 84.7 cm³/mol. The van der Waals surface area contributed by atoms with Gasteiger partial charge in [0.1, 0.15) is 0 Å². The Labute approximate surface area is 138 Å². The second-order valence-corrected chi connectivity index (χ2v) is 9.34. The zero-order chi connectivity index (χ0) is 17.1. The minimum atomic E-state index is -4.22. The molecular weight excluding hydrogens is 377 g/mol. The number of ether oxygens (including phenoxy) is 1. The van der Waals surface area contributed by atoms with Crippen LogP contribution >= 0.6 is 23.2 Å². The lowest BCUT2D eigenvalue weighted by Gasteiger charge is -2.12. The van der Waals surface area contributed by atoms with Gasteiger partial charge in [0.05, 0.1) is 22.9 Å². The molecule has 0 fully saturated rings. The molecule has 0 bridgehead atoms. The molecule has 0 aliphatic carbocycles. The first kappa shape index (κ1) is 19.0. The van der Waals surface area contributed by atoms with Crippen molar-refractivity contribution in [2.24, 2.45) is 0 Å². The Bertz CT molecular complexity index is 789. The quantitative estimate of drug-likeness (QED) is 0.744. The molecule has 0 aliphatic heterocycles. The van der Waals surface area contributed by atoms with Crippen molar-refractivity contribution in [1.82, 2.24) is 0 Å². The molecule has 1 N–H and O–H groups in total. The molecule has 0 aliphatic rings. The maximum Gasteiger partial charge on any atom is 0.339 e. The van der Waals surface area contributed by atoms with E-state index >= 15 is 0 Å².